The number of rotatable bonds is 7. The molecule has 0 saturated carbocycles. The molecule has 1 aliphatic carbocycles. The molecular weight excluding hydrogens is 290 g/mol. The third kappa shape index (κ3) is 3.51. The summed E-state index contributed by atoms with van der Waals surface area (Å²) in [6.07, 6.45) is 13.6. The van der Waals surface area contributed by atoms with Crippen molar-refractivity contribution in [3.8, 4) is 0 Å². The topological polar surface area (TPSA) is 15.8 Å². The van der Waals surface area contributed by atoms with Gasteiger partial charge >= 0.3 is 0 Å². The fourth-order valence-corrected chi connectivity index (χ4v) is 4.16. The summed E-state index contributed by atoms with van der Waals surface area (Å²) in [6, 6.07) is 6.27. The van der Waals surface area contributed by atoms with Crippen molar-refractivity contribution in [1.29, 1.82) is 0 Å². The predicted molar refractivity (Wildman–Crippen MR) is 97.0 cm³/mol. The normalized spacial score (nSPS) is 17.8. The first-order valence-corrected chi connectivity index (χ1v) is 9.47. The van der Waals surface area contributed by atoms with E-state index >= 15 is 0 Å². The molecule has 1 atom stereocenters. The van der Waals surface area contributed by atoms with Gasteiger partial charge in [0.15, 0.2) is 0 Å². The lowest BCUT2D eigenvalue weighted by Crippen LogP contribution is -2.09. The van der Waals surface area contributed by atoms with Gasteiger partial charge in [0.1, 0.15) is 0 Å². The van der Waals surface area contributed by atoms with Gasteiger partial charge in [-0.25, -0.2) is 0 Å². The SMILES string of the molecule is CCCCCCCCC1CCCc2c1[nH]c1ccc(Cl)cc21. The number of hydrogen-bond donors (Lipinski definition) is 1. The van der Waals surface area contributed by atoms with Crippen LogP contribution in [0.2, 0.25) is 5.02 Å². The lowest BCUT2D eigenvalue weighted by atomic mass is 9.83. The van der Waals surface area contributed by atoms with Gasteiger partial charge in [-0.3, -0.25) is 0 Å². The zero-order valence-corrected chi connectivity index (χ0v) is 14.5. The number of nitrogens with one attached hydrogen (secondary N) is 1. The highest BCUT2D eigenvalue weighted by Gasteiger charge is 2.23. The fourth-order valence-electron chi connectivity index (χ4n) is 3.99. The fraction of sp³-hybridized carbons (Fsp3) is 0.600. The molecule has 1 aromatic heterocycles. The molecule has 2 heteroatoms. The van der Waals surface area contributed by atoms with Crippen LogP contribution in [-0.2, 0) is 6.42 Å². The summed E-state index contributed by atoms with van der Waals surface area (Å²) >= 11 is 6.18. The Morgan fingerprint density at radius 1 is 1.14 bits per heavy atom. The number of H-pyrrole nitrogens is 1. The number of benzene rings is 1. The molecule has 1 aromatic carbocycles. The summed E-state index contributed by atoms with van der Waals surface area (Å²) < 4.78 is 0. The molecule has 0 aliphatic heterocycles. The van der Waals surface area contributed by atoms with E-state index in [1.807, 2.05) is 6.07 Å². The van der Waals surface area contributed by atoms with E-state index in [1.54, 1.807) is 5.56 Å². The Kier molecular flexibility index (Phi) is 5.46. The quantitative estimate of drug-likeness (QED) is 0.529. The zero-order valence-electron chi connectivity index (χ0n) is 13.8. The molecule has 1 unspecified atom stereocenters. The van der Waals surface area contributed by atoms with Crippen LogP contribution in [0, 0.1) is 0 Å². The highest BCUT2D eigenvalue weighted by Crippen LogP contribution is 2.39. The van der Waals surface area contributed by atoms with Crippen LogP contribution in [0.15, 0.2) is 18.2 Å². The monoisotopic (exact) mass is 317 g/mol. The average Bonchev–Trinajstić information content (AvgIpc) is 2.89. The Morgan fingerprint density at radius 2 is 1.95 bits per heavy atom. The number of halogens is 1. The van der Waals surface area contributed by atoms with Gasteiger partial charge in [-0.15, -0.1) is 0 Å². The molecule has 1 aliphatic rings. The van der Waals surface area contributed by atoms with Crippen LogP contribution in [0.4, 0.5) is 0 Å². The third-order valence-corrected chi connectivity index (χ3v) is 5.43. The largest absolute Gasteiger partial charge is 0.358 e. The van der Waals surface area contributed by atoms with Crippen LogP contribution < -0.4 is 0 Å². The van der Waals surface area contributed by atoms with Crippen LogP contribution in [0.5, 0.6) is 0 Å². The Bertz CT molecular complexity index is 613. The van der Waals surface area contributed by atoms with Crippen LogP contribution in [0.3, 0.4) is 0 Å². The molecule has 1 N–H and O–H groups in total. The van der Waals surface area contributed by atoms with Gasteiger partial charge in [0.05, 0.1) is 0 Å². The minimum Gasteiger partial charge on any atom is -0.358 e. The summed E-state index contributed by atoms with van der Waals surface area (Å²) in [5, 5.41) is 2.21. The number of aromatic amines is 1. The highest BCUT2D eigenvalue weighted by atomic mass is 35.5. The van der Waals surface area contributed by atoms with Gasteiger partial charge in [-0.05, 0) is 55.4 Å². The van der Waals surface area contributed by atoms with Crippen LogP contribution >= 0.6 is 11.6 Å². The van der Waals surface area contributed by atoms with Gasteiger partial charge in [0.2, 0.25) is 0 Å². The van der Waals surface area contributed by atoms with Crippen LogP contribution in [0.25, 0.3) is 10.9 Å². The van der Waals surface area contributed by atoms with E-state index < -0.39 is 0 Å². The van der Waals surface area contributed by atoms with Gasteiger partial charge in [-0.2, -0.15) is 0 Å². The van der Waals surface area contributed by atoms with Crippen molar-refractivity contribution >= 4 is 22.5 Å². The molecule has 0 fully saturated rings. The second-order valence-corrected chi connectivity index (χ2v) is 7.29. The molecule has 3 rings (SSSR count). The van der Waals surface area contributed by atoms with E-state index in [9.17, 15) is 0 Å². The van der Waals surface area contributed by atoms with E-state index in [-0.39, 0.29) is 0 Å². The van der Waals surface area contributed by atoms with Crippen molar-refractivity contribution in [3.63, 3.8) is 0 Å². The number of fused-ring (bicyclic) bond motifs is 3. The molecule has 1 nitrogen and oxygen atoms in total. The predicted octanol–water partition coefficient (Wildman–Crippen LogP) is 6.99. The summed E-state index contributed by atoms with van der Waals surface area (Å²) in [5.41, 5.74) is 4.32. The summed E-state index contributed by atoms with van der Waals surface area (Å²) in [7, 11) is 0. The van der Waals surface area contributed by atoms with E-state index in [4.69, 9.17) is 11.6 Å². The van der Waals surface area contributed by atoms with Gasteiger partial charge < -0.3 is 4.98 Å². The molecule has 2 aromatic rings. The van der Waals surface area contributed by atoms with Crippen molar-refractivity contribution in [2.75, 3.05) is 0 Å². The van der Waals surface area contributed by atoms with E-state index in [0.29, 0.717) is 0 Å². The number of aryl methyl sites for hydroxylation is 1. The van der Waals surface area contributed by atoms with E-state index in [1.165, 1.54) is 80.8 Å². The maximum atomic E-state index is 6.18. The third-order valence-electron chi connectivity index (χ3n) is 5.19. The molecule has 0 saturated heterocycles. The lowest BCUT2D eigenvalue weighted by Gasteiger charge is -2.22. The number of unbranched alkanes of at least 4 members (excludes halogenated alkanes) is 5. The van der Waals surface area contributed by atoms with Gasteiger partial charge in [0, 0.05) is 21.6 Å². The molecular formula is C20H28ClN. The van der Waals surface area contributed by atoms with E-state index in [0.717, 1.165) is 10.9 Å². The second-order valence-electron chi connectivity index (χ2n) is 6.85. The first-order chi connectivity index (χ1) is 10.8. The first-order valence-electron chi connectivity index (χ1n) is 9.09. The van der Waals surface area contributed by atoms with Crippen LogP contribution in [-0.4, -0.2) is 4.98 Å². The number of aromatic nitrogens is 1. The first kappa shape index (κ1) is 15.9. The molecule has 0 spiro atoms. The maximum Gasteiger partial charge on any atom is 0.0460 e. The molecule has 22 heavy (non-hydrogen) atoms. The summed E-state index contributed by atoms with van der Waals surface area (Å²) in [4.78, 5) is 3.70. The number of hydrogen-bond acceptors (Lipinski definition) is 0. The molecule has 1 heterocycles. The smallest absolute Gasteiger partial charge is 0.0460 e. The lowest BCUT2D eigenvalue weighted by molar-refractivity contribution is 0.478. The van der Waals surface area contributed by atoms with Crippen LogP contribution in [0.1, 0.15) is 81.9 Å². The van der Waals surface area contributed by atoms with Gasteiger partial charge in [0.25, 0.3) is 0 Å². The Labute approximate surface area is 139 Å². The molecule has 120 valence electrons. The Hall–Kier alpha value is -0.950. The standard InChI is InChI=1S/C20H28ClN/c1-2-3-4-5-6-7-9-15-10-8-11-17-18-14-16(21)12-13-19(18)22-20(15)17/h12-15,22H,2-11H2,1H3. The summed E-state index contributed by atoms with van der Waals surface area (Å²) in [6.45, 7) is 2.28. The minimum atomic E-state index is 0.737. The summed E-state index contributed by atoms with van der Waals surface area (Å²) in [5.74, 6) is 0.737. The van der Waals surface area contributed by atoms with Crippen molar-refractivity contribution in [3.05, 3.63) is 34.5 Å². The van der Waals surface area contributed by atoms with Gasteiger partial charge in [-0.1, -0.05) is 57.0 Å². The molecule has 0 amide bonds. The second kappa shape index (κ2) is 7.55. The minimum absolute atomic E-state index is 0.737. The molecule has 0 radical (unpaired) electrons. The average molecular weight is 318 g/mol. The van der Waals surface area contributed by atoms with Crippen molar-refractivity contribution in [1.82, 2.24) is 4.98 Å². The highest BCUT2D eigenvalue weighted by molar-refractivity contribution is 6.31. The maximum absolute atomic E-state index is 6.18. The Morgan fingerprint density at radius 3 is 2.82 bits per heavy atom. The van der Waals surface area contributed by atoms with Crippen molar-refractivity contribution in [2.45, 2.75) is 77.0 Å². The Balaban J connectivity index is 1.65. The van der Waals surface area contributed by atoms with E-state index in [2.05, 4.69) is 24.0 Å². The molecule has 0 bridgehead atoms. The zero-order chi connectivity index (χ0) is 15.4. The van der Waals surface area contributed by atoms with Crippen molar-refractivity contribution < 1.29 is 0 Å². The van der Waals surface area contributed by atoms with Crippen molar-refractivity contribution in [2.24, 2.45) is 0 Å².